The molecule has 14 nitrogen and oxygen atoms in total. The van der Waals surface area contributed by atoms with E-state index in [1.165, 1.54) is 12.1 Å². The Morgan fingerprint density at radius 3 is 2.72 bits per heavy atom. The molecule has 54 heavy (non-hydrogen) atoms. The van der Waals surface area contributed by atoms with Crippen molar-refractivity contribution in [3.8, 4) is 17.2 Å². The predicted molar refractivity (Wildman–Crippen MR) is 193 cm³/mol. The van der Waals surface area contributed by atoms with Gasteiger partial charge in [-0.25, -0.2) is 4.79 Å². The predicted octanol–water partition coefficient (Wildman–Crippen LogP) is 3.14. The van der Waals surface area contributed by atoms with Crippen molar-refractivity contribution in [2.24, 2.45) is 16.8 Å². The number of rotatable bonds is 7. The highest BCUT2D eigenvalue weighted by Gasteiger charge is 2.63. The zero-order valence-corrected chi connectivity index (χ0v) is 29.9. The third-order valence-corrected chi connectivity index (χ3v) is 11.0. The third kappa shape index (κ3) is 5.84. The maximum absolute atomic E-state index is 14.4. The molecule has 1 saturated heterocycles. The van der Waals surface area contributed by atoms with E-state index in [-0.39, 0.29) is 47.0 Å². The summed E-state index contributed by atoms with van der Waals surface area (Å²) in [6, 6.07) is 1.43. The number of benzene rings is 1. The number of H-pyrrole nitrogens is 1. The number of nitrogens with zero attached hydrogens (tertiary/aromatic N) is 2. The minimum atomic E-state index is -2.63. The zero-order chi connectivity index (χ0) is 37.7. The number of fused-ring (bicyclic) bond motifs is 6. The number of hydrogen-bond donors (Lipinski definition) is 3. The number of esters is 1. The molecule has 1 fully saturated rings. The average molecular weight is 740 g/mol. The van der Waals surface area contributed by atoms with Gasteiger partial charge in [0.2, 0.25) is 5.78 Å². The number of ketones is 2. The summed E-state index contributed by atoms with van der Waals surface area (Å²) in [5.41, 5.74) is -3.25. The number of aromatic hydroxyl groups is 1. The SMILES string of the molecule is C/C=C/C=C/C=C/C(=O)O[C@@H]1C=CC[C@H]2C(=NCCN3CCOCC3)c3c(O)c4c5c(c3O[C@H]12)OCO[C@@H]5C[C@@H]1C(=O)c2cc(C)[nH]c(=O)c2C(=O)[C@]41O. The molecule has 6 aliphatic rings. The number of nitrogens with one attached hydrogen (secondary N) is 1. The fourth-order valence-corrected chi connectivity index (χ4v) is 8.51. The van der Waals surface area contributed by atoms with E-state index in [0.29, 0.717) is 44.1 Å². The van der Waals surface area contributed by atoms with Crippen LogP contribution in [-0.4, -0.2) is 102 Å². The van der Waals surface area contributed by atoms with Crippen LogP contribution in [0.5, 0.6) is 17.2 Å². The highest BCUT2D eigenvalue weighted by Crippen LogP contribution is 2.62. The summed E-state index contributed by atoms with van der Waals surface area (Å²) in [6.45, 7) is 6.81. The molecular formula is C40H41N3O11. The zero-order valence-electron chi connectivity index (χ0n) is 29.9. The van der Waals surface area contributed by atoms with E-state index in [0.717, 1.165) is 13.1 Å². The molecule has 0 unspecified atom stereocenters. The molecule has 3 aliphatic heterocycles. The average Bonchev–Trinajstić information content (AvgIpc) is 3.16. The standard InChI is InChI=1S/C40H41N3O11/c1-3-4-5-6-7-11-27(44)53-25-10-8-9-22-32(41-12-13-43-14-16-50-17-15-43)30-34(46)31-29-26(51-20-52-36(29)37(30)54-35(22)25)19-24-33(45)23-18-21(2)42-39(48)28(23)38(47)40(24,31)49/h3-8,10-11,18,22,24-26,35,46,49H,9,12-17,19-20H2,1-2H3,(H,42,48)/b4-3+,6-5+,11-7+,41-32?/t22-,24+,25+,26+,35-,40+/m0/s1. The topological polar surface area (TPSA) is 186 Å². The molecule has 2 aromatic rings. The Kier molecular flexibility index (Phi) is 9.46. The smallest absolute Gasteiger partial charge is 0.331 e. The molecule has 3 N–H and O–H groups in total. The van der Waals surface area contributed by atoms with Gasteiger partial charge in [0.25, 0.3) is 5.56 Å². The normalized spacial score (nSPS) is 29.4. The van der Waals surface area contributed by atoms with E-state index in [2.05, 4.69) is 9.88 Å². The lowest BCUT2D eigenvalue weighted by atomic mass is 9.60. The molecule has 6 atom stereocenters. The first kappa shape index (κ1) is 35.9. The van der Waals surface area contributed by atoms with Gasteiger partial charge >= 0.3 is 5.97 Å². The van der Waals surface area contributed by atoms with Crippen LogP contribution in [0.25, 0.3) is 0 Å². The van der Waals surface area contributed by atoms with Gasteiger partial charge in [0.05, 0.1) is 48.6 Å². The molecule has 0 bridgehead atoms. The van der Waals surface area contributed by atoms with Crippen LogP contribution in [0.2, 0.25) is 0 Å². The van der Waals surface area contributed by atoms with Crippen molar-refractivity contribution in [3.63, 3.8) is 0 Å². The number of morpholine rings is 1. The number of Topliss-reactive ketones (excluding diaryl/α,β-unsaturated/α-hetero) is 2. The maximum Gasteiger partial charge on any atom is 0.331 e. The number of aliphatic imine (C=N–C) groups is 1. The number of pyridine rings is 1. The number of ether oxygens (including phenoxy) is 5. The van der Waals surface area contributed by atoms with Crippen LogP contribution in [0.15, 0.2) is 64.5 Å². The van der Waals surface area contributed by atoms with Gasteiger partial charge in [0.15, 0.2) is 35.8 Å². The fourth-order valence-electron chi connectivity index (χ4n) is 8.51. The van der Waals surface area contributed by atoms with Crippen molar-refractivity contribution in [2.75, 3.05) is 46.2 Å². The van der Waals surface area contributed by atoms with Crippen LogP contribution < -0.4 is 15.0 Å². The summed E-state index contributed by atoms with van der Waals surface area (Å²) in [7, 11) is 0. The number of aryl methyl sites for hydroxylation is 1. The number of aromatic amines is 1. The van der Waals surface area contributed by atoms with Crippen LogP contribution in [-0.2, 0) is 24.6 Å². The number of allylic oxidation sites excluding steroid dienone is 6. The van der Waals surface area contributed by atoms with Gasteiger partial charge in [-0.2, -0.15) is 0 Å². The third-order valence-electron chi connectivity index (χ3n) is 11.0. The molecule has 1 aromatic heterocycles. The Bertz CT molecular complexity index is 2120. The first-order valence-electron chi connectivity index (χ1n) is 18.2. The Balaban J connectivity index is 1.26. The van der Waals surface area contributed by atoms with Gasteiger partial charge in [0, 0.05) is 54.0 Å². The number of aliphatic hydroxyl groups is 1. The summed E-state index contributed by atoms with van der Waals surface area (Å²) in [6.07, 6.45) is 11.4. The number of carbonyl (C=O) groups is 3. The first-order chi connectivity index (χ1) is 26.1. The summed E-state index contributed by atoms with van der Waals surface area (Å²) in [4.78, 5) is 64.5. The van der Waals surface area contributed by atoms with Crippen LogP contribution in [0.1, 0.15) is 69.0 Å². The van der Waals surface area contributed by atoms with Crippen LogP contribution in [0.3, 0.4) is 0 Å². The Labute approximate surface area is 310 Å². The van der Waals surface area contributed by atoms with E-state index >= 15 is 0 Å². The molecule has 14 heteroatoms. The van der Waals surface area contributed by atoms with Crippen LogP contribution in [0.4, 0.5) is 0 Å². The number of aromatic nitrogens is 1. The van der Waals surface area contributed by atoms with Crippen LogP contribution in [0, 0.1) is 18.8 Å². The lowest BCUT2D eigenvalue weighted by Crippen LogP contribution is -2.56. The number of hydrogen-bond acceptors (Lipinski definition) is 13. The quantitative estimate of drug-likeness (QED) is 0.163. The lowest BCUT2D eigenvalue weighted by molar-refractivity contribution is -0.146. The van der Waals surface area contributed by atoms with Crippen molar-refractivity contribution in [2.45, 2.75) is 50.6 Å². The second kappa shape index (κ2) is 14.3. The van der Waals surface area contributed by atoms with Gasteiger partial charge in [-0.05, 0) is 38.8 Å². The minimum Gasteiger partial charge on any atom is -0.507 e. The van der Waals surface area contributed by atoms with Gasteiger partial charge in [-0.3, -0.25) is 24.3 Å². The van der Waals surface area contributed by atoms with E-state index in [1.807, 2.05) is 25.2 Å². The number of phenols is 1. The highest BCUT2D eigenvalue weighted by molar-refractivity contribution is 6.20. The lowest BCUT2D eigenvalue weighted by Gasteiger charge is -2.48. The van der Waals surface area contributed by atoms with Crippen molar-refractivity contribution in [3.05, 3.63) is 98.5 Å². The van der Waals surface area contributed by atoms with Gasteiger partial charge in [0.1, 0.15) is 11.9 Å². The second-order valence-corrected chi connectivity index (χ2v) is 14.2. The van der Waals surface area contributed by atoms with Crippen molar-refractivity contribution >= 4 is 23.2 Å². The Morgan fingerprint density at radius 1 is 1.13 bits per heavy atom. The molecule has 0 radical (unpaired) electrons. The largest absolute Gasteiger partial charge is 0.507 e. The van der Waals surface area contributed by atoms with Gasteiger partial charge in [-0.1, -0.05) is 36.5 Å². The summed E-state index contributed by atoms with van der Waals surface area (Å²) in [5.74, 6) is -4.43. The van der Waals surface area contributed by atoms with Crippen molar-refractivity contribution in [1.29, 1.82) is 0 Å². The molecule has 0 spiro atoms. The molecule has 3 aliphatic carbocycles. The van der Waals surface area contributed by atoms with E-state index < -0.39 is 70.2 Å². The molecule has 1 aromatic carbocycles. The van der Waals surface area contributed by atoms with Crippen molar-refractivity contribution < 1.29 is 48.3 Å². The van der Waals surface area contributed by atoms with Gasteiger partial charge < -0.3 is 38.9 Å². The summed E-state index contributed by atoms with van der Waals surface area (Å²) < 4.78 is 30.1. The minimum absolute atomic E-state index is 0.0844. The monoisotopic (exact) mass is 739 g/mol. The van der Waals surface area contributed by atoms with E-state index in [9.17, 15) is 29.4 Å². The number of phenolic OH excluding ortho intramolecular Hbond substituents is 1. The van der Waals surface area contributed by atoms with Gasteiger partial charge in [-0.15, -0.1) is 0 Å². The molecule has 0 saturated carbocycles. The molecule has 4 heterocycles. The van der Waals surface area contributed by atoms with Crippen LogP contribution >= 0.6 is 0 Å². The molecule has 0 amide bonds. The first-order valence-corrected chi connectivity index (χ1v) is 18.2. The number of carbonyl (C=O) groups excluding carboxylic acids is 3. The molecule has 8 rings (SSSR count). The van der Waals surface area contributed by atoms with E-state index in [4.69, 9.17) is 28.7 Å². The highest BCUT2D eigenvalue weighted by atomic mass is 16.7. The molecule has 282 valence electrons. The maximum atomic E-state index is 14.4. The fraction of sp³-hybridized carbons (Fsp3) is 0.425. The summed E-state index contributed by atoms with van der Waals surface area (Å²) in [5, 5.41) is 25.1. The Hall–Kier alpha value is -5.15. The van der Waals surface area contributed by atoms with E-state index in [1.54, 1.807) is 31.2 Å². The second-order valence-electron chi connectivity index (χ2n) is 14.2. The Morgan fingerprint density at radius 2 is 1.93 bits per heavy atom. The summed E-state index contributed by atoms with van der Waals surface area (Å²) >= 11 is 0. The molecular weight excluding hydrogens is 698 g/mol. The van der Waals surface area contributed by atoms with Crippen molar-refractivity contribution in [1.82, 2.24) is 9.88 Å².